The molecule has 0 radical (unpaired) electrons. The normalized spacial score (nSPS) is 12.9. The Kier molecular flexibility index (Phi) is 6.63. The number of aromatic nitrogens is 1. The Balaban J connectivity index is 1.38. The molecule has 4 N–H and O–H groups in total. The minimum Gasteiger partial charge on any atom is -0.491 e. The molecule has 0 aliphatic carbocycles. The van der Waals surface area contributed by atoms with Gasteiger partial charge in [0.2, 0.25) is 0 Å². The van der Waals surface area contributed by atoms with E-state index < -0.39 is 6.10 Å². The van der Waals surface area contributed by atoms with E-state index in [0.29, 0.717) is 17.9 Å². The van der Waals surface area contributed by atoms with E-state index >= 15 is 0 Å². The summed E-state index contributed by atoms with van der Waals surface area (Å²) in [5.74, 6) is 0.864. The van der Waals surface area contributed by atoms with Crippen molar-refractivity contribution < 1.29 is 15.2 Å². The summed E-state index contributed by atoms with van der Waals surface area (Å²) in [6, 6.07) is 27.8. The van der Waals surface area contributed by atoms with Crippen molar-refractivity contribution >= 4 is 10.9 Å². The third-order valence-electron chi connectivity index (χ3n) is 5.47. The maximum absolute atomic E-state index is 10.4. The van der Waals surface area contributed by atoms with E-state index in [0.717, 1.165) is 12.1 Å². The molecule has 3 aromatic carbocycles. The van der Waals surface area contributed by atoms with Crippen LogP contribution in [0.1, 0.15) is 22.6 Å². The number of nitrogens with one attached hydrogen (secondary N) is 1. The molecule has 2 atom stereocenters. The summed E-state index contributed by atoms with van der Waals surface area (Å²) in [7, 11) is 0. The number of hydrogen-bond acceptors (Lipinski definition) is 3. The van der Waals surface area contributed by atoms with Gasteiger partial charge >= 0.3 is 0 Å². The van der Waals surface area contributed by atoms with E-state index in [4.69, 9.17) is 10.00 Å². The first-order valence-corrected chi connectivity index (χ1v) is 10.5. The molecule has 0 spiro atoms. The molecule has 0 aliphatic heterocycles. The van der Waals surface area contributed by atoms with Crippen LogP contribution in [-0.4, -0.2) is 35.9 Å². The third-order valence-corrected chi connectivity index (χ3v) is 5.47. The highest BCUT2D eigenvalue weighted by Gasteiger charge is 2.20. The number of quaternary nitrogens is 1. The standard InChI is InChI=1S/C26H25N3O2/c27-14-19-10-12-22(13-11-19)31-18-21(30)15-28-16-24(20-6-2-1-3-7-20)25-17-29-26-9-5-4-8-23(25)26/h1-13,17,21,24,28-30H,15-16,18H2/p+1/t21-,24+/m0/s1. The maximum atomic E-state index is 10.4. The second-order valence-corrected chi connectivity index (χ2v) is 7.61. The van der Waals surface area contributed by atoms with Gasteiger partial charge in [-0.15, -0.1) is 0 Å². The van der Waals surface area contributed by atoms with Crippen LogP contribution in [0.25, 0.3) is 10.9 Å². The van der Waals surface area contributed by atoms with Crippen LogP contribution in [0.15, 0.2) is 85.1 Å². The lowest BCUT2D eigenvalue weighted by atomic mass is 9.91. The summed E-state index contributed by atoms with van der Waals surface area (Å²) in [5, 5.41) is 22.6. The minimum atomic E-state index is -0.588. The molecule has 1 heterocycles. The second kappa shape index (κ2) is 9.94. The van der Waals surface area contributed by atoms with Crippen molar-refractivity contribution in [3.05, 3.63) is 102 Å². The Labute approximate surface area is 181 Å². The van der Waals surface area contributed by atoms with Crippen LogP contribution in [-0.2, 0) is 0 Å². The smallest absolute Gasteiger partial charge is 0.137 e. The largest absolute Gasteiger partial charge is 0.491 e. The first-order chi connectivity index (χ1) is 15.2. The quantitative estimate of drug-likeness (QED) is 0.395. The Morgan fingerprint density at radius 2 is 1.68 bits per heavy atom. The van der Waals surface area contributed by atoms with Crippen LogP contribution in [0, 0.1) is 11.3 Å². The van der Waals surface area contributed by atoms with Crippen molar-refractivity contribution in [3.63, 3.8) is 0 Å². The summed E-state index contributed by atoms with van der Waals surface area (Å²) in [4.78, 5) is 3.38. The second-order valence-electron chi connectivity index (χ2n) is 7.61. The van der Waals surface area contributed by atoms with E-state index in [1.165, 1.54) is 16.5 Å². The molecular formula is C26H26N3O2+. The number of ether oxygens (including phenoxy) is 1. The Morgan fingerprint density at radius 1 is 0.935 bits per heavy atom. The number of aliphatic hydroxyl groups excluding tert-OH is 1. The van der Waals surface area contributed by atoms with Gasteiger partial charge in [0.15, 0.2) is 0 Å². The van der Waals surface area contributed by atoms with Crippen molar-refractivity contribution in [2.75, 3.05) is 19.7 Å². The molecule has 0 fully saturated rings. The molecule has 4 aromatic rings. The first kappa shape index (κ1) is 20.7. The van der Waals surface area contributed by atoms with E-state index in [2.05, 4.69) is 65.0 Å². The van der Waals surface area contributed by atoms with Crippen LogP contribution < -0.4 is 10.1 Å². The van der Waals surface area contributed by atoms with Gasteiger partial charge in [-0.05, 0) is 41.5 Å². The summed E-state index contributed by atoms with van der Waals surface area (Å²) in [5.41, 5.74) is 4.24. The highest BCUT2D eigenvalue weighted by molar-refractivity contribution is 5.84. The molecule has 4 rings (SSSR count). The highest BCUT2D eigenvalue weighted by Crippen LogP contribution is 2.29. The summed E-state index contributed by atoms with van der Waals surface area (Å²) >= 11 is 0. The number of nitriles is 1. The fourth-order valence-corrected chi connectivity index (χ4v) is 3.85. The van der Waals surface area contributed by atoms with Gasteiger partial charge in [0.25, 0.3) is 0 Å². The van der Waals surface area contributed by atoms with Crippen molar-refractivity contribution in [3.8, 4) is 11.8 Å². The molecule has 0 bridgehead atoms. The van der Waals surface area contributed by atoms with Gasteiger partial charge in [0.05, 0.1) is 24.1 Å². The number of H-pyrrole nitrogens is 1. The van der Waals surface area contributed by atoms with Crippen LogP contribution in [0.2, 0.25) is 0 Å². The van der Waals surface area contributed by atoms with Crippen LogP contribution >= 0.6 is 0 Å². The first-order valence-electron chi connectivity index (χ1n) is 10.5. The van der Waals surface area contributed by atoms with Crippen molar-refractivity contribution in [2.24, 2.45) is 0 Å². The van der Waals surface area contributed by atoms with Gasteiger partial charge in [0, 0.05) is 17.1 Å². The van der Waals surface area contributed by atoms with Crippen molar-refractivity contribution in [1.82, 2.24) is 4.98 Å². The lowest BCUT2D eigenvalue weighted by molar-refractivity contribution is -0.662. The summed E-state index contributed by atoms with van der Waals surface area (Å²) in [6.07, 6.45) is 1.51. The zero-order valence-electron chi connectivity index (χ0n) is 17.2. The molecule has 0 saturated carbocycles. The monoisotopic (exact) mass is 412 g/mol. The van der Waals surface area contributed by atoms with Crippen LogP contribution in [0.5, 0.6) is 5.75 Å². The lowest BCUT2D eigenvalue weighted by Crippen LogP contribution is -2.87. The molecular weight excluding hydrogens is 386 g/mol. The van der Waals surface area contributed by atoms with Crippen LogP contribution in [0.4, 0.5) is 0 Å². The predicted molar refractivity (Wildman–Crippen MR) is 121 cm³/mol. The zero-order chi connectivity index (χ0) is 21.5. The van der Waals surface area contributed by atoms with Gasteiger partial charge < -0.3 is 20.1 Å². The summed E-state index contributed by atoms with van der Waals surface area (Å²) < 4.78 is 5.65. The number of fused-ring (bicyclic) bond motifs is 1. The molecule has 31 heavy (non-hydrogen) atoms. The van der Waals surface area contributed by atoms with Crippen LogP contribution in [0.3, 0.4) is 0 Å². The number of nitrogens with two attached hydrogens (primary N) is 1. The highest BCUT2D eigenvalue weighted by atomic mass is 16.5. The lowest BCUT2D eigenvalue weighted by Gasteiger charge is -2.17. The molecule has 5 nitrogen and oxygen atoms in total. The van der Waals surface area contributed by atoms with Gasteiger partial charge in [-0.1, -0.05) is 48.5 Å². The number of para-hydroxylation sites is 1. The topological polar surface area (TPSA) is 85.7 Å². The number of rotatable bonds is 9. The summed E-state index contributed by atoms with van der Waals surface area (Å²) in [6.45, 7) is 1.58. The Bertz CT molecular complexity index is 1150. The maximum Gasteiger partial charge on any atom is 0.137 e. The van der Waals surface area contributed by atoms with E-state index in [-0.39, 0.29) is 12.5 Å². The van der Waals surface area contributed by atoms with Gasteiger partial charge in [-0.2, -0.15) is 5.26 Å². The third kappa shape index (κ3) is 5.13. The number of hydrogen-bond donors (Lipinski definition) is 3. The Hall–Kier alpha value is -3.59. The average Bonchev–Trinajstić information content (AvgIpc) is 3.25. The van der Waals surface area contributed by atoms with E-state index in [9.17, 15) is 5.11 Å². The SMILES string of the molecule is N#Cc1ccc(OC[C@@H](O)C[NH2+]C[C@H](c2ccccc2)c2c[nH]c3ccccc23)cc1. The fourth-order valence-electron chi connectivity index (χ4n) is 3.85. The molecule has 1 aromatic heterocycles. The van der Waals surface area contributed by atoms with Gasteiger partial charge in [-0.25, -0.2) is 0 Å². The number of aromatic amines is 1. The molecule has 0 unspecified atom stereocenters. The minimum absolute atomic E-state index is 0.212. The molecule has 156 valence electrons. The molecule has 0 aliphatic rings. The molecule has 0 amide bonds. The van der Waals surface area contributed by atoms with E-state index in [1.54, 1.807) is 24.3 Å². The van der Waals surface area contributed by atoms with Gasteiger partial charge in [-0.3, -0.25) is 0 Å². The Morgan fingerprint density at radius 3 is 2.45 bits per heavy atom. The predicted octanol–water partition coefficient (Wildman–Crippen LogP) is 3.17. The molecule has 0 saturated heterocycles. The van der Waals surface area contributed by atoms with Crippen molar-refractivity contribution in [2.45, 2.75) is 12.0 Å². The number of aliphatic hydroxyl groups is 1. The van der Waals surface area contributed by atoms with Gasteiger partial charge in [0.1, 0.15) is 25.0 Å². The molecule has 5 heteroatoms. The average molecular weight is 413 g/mol. The number of nitrogens with zero attached hydrogens (tertiary/aromatic N) is 1. The van der Waals surface area contributed by atoms with E-state index in [1.807, 2.05) is 12.1 Å². The number of benzene rings is 3. The fraction of sp³-hybridized carbons (Fsp3) is 0.192. The van der Waals surface area contributed by atoms with Crippen molar-refractivity contribution in [1.29, 1.82) is 5.26 Å². The zero-order valence-corrected chi connectivity index (χ0v) is 17.2.